The fourth-order valence-corrected chi connectivity index (χ4v) is 2.26. The lowest BCUT2D eigenvalue weighted by molar-refractivity contribution is 0.0955. The van der Waals surface area contributed by atoms with Gasteiger partial charge in [-0.25, -0.2) is 0 Å². The van der Waals surface area contributed by atoms with Crippen LogP contribution in [0.5, 0.6) is 0 Å². The van der Waals surface area contributed by atoms with Gasteiger partial charge >= 0.3 is 0 Å². The quantitative estimate of drug-likeness (QED) is 0.885. The van der Waals surface area contributed by atoms with Crippen LogP contribution < -0.4 is 10.6 Å². The Balaban J connectivity index is 1.94. The van der Waals surface area contributed by atoms with E-state index in [9.17, 15) is 4.79 Å². The number of nitrogens with one attached hydrogen (secondary N) is 2. The monoisotopic (exact) mass is 302 g/mol. The zero-order chi connectivity index (χ0) is 15.2. The van der Waals surface area contributed by atoms with Crippen LogP contribution >= 0.6 is 11.6 Å². The van der Waals surface area contributed by atoms with E-state index in [1.807, 2.05) is 56.4 Å². The SMILES string of the molecule is CNc1cc(C)ccc1C(=O)NCCc1ccc(Cl)cc1. The zero-order valence-electron chi connectivity index (χ0n) is 12.2. The summed E-state index contributed by atoms with van der Waals surface area (Å²) in [5.74, 6) is -0.0617. The van der Waals surface area contributed by atoms with Crippen molar-refractivity contribution in [3.63, 3.8) is 0 Å². The lowest BCUT2D eigenvalue weighted by atomic mass is 10.1. The largest absolute Gasteiger partial charge is 0.387 e. The summed E-state index contributed by atoms with van der Waals surface area (Å²) in [7, 11) is 1.82. The van der Waals surface area contributed by atoms with Crippen molar-refractivity contribution in [3.05, 3.63) is 64.2 Å². The molecule has 0 bridgehead atoms. The fourth-order valence-electron chi connectivity index (χ4n) is 2.13. The summed E-state index contributed by atoms with van der Waals surface area (Å²) in [6.45, 7) is 2.60. The van der Waals surface area contributed by atoms with Crippen LogP contribution in [0.3, 0.4) is 0 Å². The van der Waals surface area contributed by atoms with Crippen molar-refractivity contribution in [1.82, 2.24) is 5.32 Å². The molecule has 2 rings (SSSR count). The van der Waals surface area contributed by atoms with Gasteiger partial charge in [-0.15, -0.1) is 0 Å². The molecule has 0 aliphatic heterocycles. The summed E-state index contributed by atoms with van der Waals surface area (Å²) < 4.78 is 0. The van der Waals surface area contributed by atoms with E-state index in [1.54, 1.807) is 0 Å². The number of hydrogen-bond donors (Lipinski definition) is 2. The zero-order valence-corrected chi connectivity index (χ0v) is 13.0. The molecule has 2 N–H and O–H groups in total. The van der Waals surface area contributed by atoms with Crippen LogP contribution in [0.2, 0.25) is 5.02 Å². The van der Waals surface area contributed by atoms with E-state index >= 15 is 0 Å². The maximum Gasteiger partial charge on any atom is 0.253 e. The van der Waals surface area contributed by atoms with Gasteiger partial charge in [-0.05, 0) is 48.7 Å². The Morgan fingerprint density at radius 2 is 1.86 bits per heavy atom. The number of aryl methyl sites for hydroxylation is 1. The second-order valence-electron chi connectivity index (χ2n) is 4.93. The molecule has 0 atom stereocenters. The Hall–Kier alpha value is -2.00. The molecule has 1 amide bonds. The number of amides is 1. The summed E-state index contributed by atoms with van der Waals surface area (Å²) in [6, 6.07) is 13.4. The minimum absolute atomic E-state index is 0.0617. The lowest BCUT2D eigenvalue weighted by Crippen LogP contribution is -2.26. The second kappa shape index (κ2) is 7.14. The molecule has 2 aromatic rings. The Morgan fingerprint density at radius 3 is 2.52 bits per heavy atom. The minimum atomic E-state index is -0.0617. The predicted molar refractivity (Wildman–Crippen MR) is 88.2 cm³/mol. The Labute approximate surface area is 130 Å². The van der Waals surface area contributed by atoms with Crippen molar-refractivity contribution in [1.29, 1.82) is 0 Å². The van der Waals surface area contributed by atoms with Crippen molar-refractivity contribution < 1.29 is 4.79 Å². The molecule has 0 saturated carbocycles. The molecule has 0 unspecified atom stereocenters. The molecule has 3 nitrogen and oxygen atoms in total. The molecule has 0 aliphatic carbocycles. The fraction of sp³-hybridized carbons (Fsp3) is 0.235. The van der Waals surface area contributed by atoms with E-state index in [-0.39, 0.29) is 5.91 Å². The lowest BCUT2D eigenvalue weighted by Gasteiger charge is -2.11. The summed E-state index contributed by atoms with van der Waals surface area (Å²) in [5, 5.41) is 6.72. The highest BCUT2D eigenvalue weighted by Crippen LogP contribution is 2.17. The Morgan fingerprint density at radius 1 is 1.14 bits per heavy atom. The van der Waals surface area contributed by atoms with Crippen molar-refractivity contribution in [2.45, 2.75) is 13.3 Å². The number of hydrogen-bond acceptors (Lipinski definition) is 2. The van der Waals surface area contributed by atoms with Crippen molar-refractivity contribution >= 4 is 23.2 Å². The van der Waals surface area contributed by atoms with Crippen molar-refractivity contribution in [3.8, 4) is 0 Å². The molecule has 0 fully saturated rings. The summed E-state index contributed by atoms with van der Waals surface area (Å²) in [5.41, 5.74) is 3.78. The van der Waals surface area contributed by atoms with Crippen LogP contribution in [0.15, 0.2) is 42.5 Å². The average Bonchev–Trinajstić information content (AvgIpc) is 2.49. The van der Waals surface area contributed by atoms with Crippen molar-refractivity contribution in [2.24, 2.45) is 0 Å². The number of rotatable bonds is 5. The van der Waals surface area contributed by atoms with E-state index < -0.39 is 0 Å². The molecule has 110 valence electrons. The first kappa shape index (κ1) is 15.4. The molecule has 2 aromatic carbocycles. The third-order valence-electron chi connectivity index (χ3n) is 3.30. The molecule has 0 aromatic heterocycles. The molecular weight excluding hydrogens is 284 g/mol. The normalized spacial score (nSPS) is 10.2. The van der Waals surface area contributed by atoms with Gasteiger partial charge in [-0.2, -0.15) is 0 Å². The number of halogens is 1. The van der Waals surface area contributed by atoms with Gasteiger partial charge in [0, 0.05) is 24.3 Å². The highest BCUT2D eigenvalue weighted by atomic mass is 35.5. The molecule has 0 aliphatic rings. The summed E-state index contributed by atoms with van der Waals surface area (Å²) in [4.78, 5) is 12.2. The van der Waals surface area contributed by atoms with Crippen LogP contribution in [-0.4, -0.2) is 19.5 Å². The van der Waals surface area contributed by atoms with E-state index in [2.05, 4.69) is 10.6 Å². The number of carbonyl (C=O) groups is 1. The second-order valence-corrected chi connectivity index (χ2v) is 5.37. The van der Waals surface area contributed by atoms with Crippen LogP contribution in [0.1, 0.15) is 21.5 Å². The molecule has 0 saturated heterocycles. The molecule has 0 heterocycles. The first-order valence-corrected chi connectivity index (χ1v) is 7.29. The molecule has 21 heavy (non-hydrogen) atoms. The molecule has 0 spiro atoms. The number of carbonyl (C=O) groups excluding carboxylic acids is 1. The van der Waals surface area contributed by atoms with Gasteiger partial charge < -0.3 is 10.6 Å². The van der Waals surface area contributed by atoms with Gasteiger partial charge in [0.05, 0.1) is 5.56 Å². The molecule has 4 heteroatoms. The Kier molecular flexibility index (Phi) is 5.23. The maximum atomic E-state index is 12.2. The highest BCUT2D eigenvalue weighted by Gasteiger charge is 2.10. The smallest absolute Gasteiger partial charge is 0.253 e. The first-order valence-electron chi connectivity index (χ1n) is 6.91. The predicted octanol–water partition coefficient (Wildman–Crippen LogP) is 3.66. The summed E-state index contributed by atoms with van der Waals surface area (Å²) >= 11 is 5.85. The van der Waals surface area contributed by atoms with Crippen molar-refractivity contribution in [2.75, 3.05) is 18.9 Å². The number of benzene rings is 2. The van der Waals surface area contributed by atoms with Crippen LogP contribution in [0, 0.1) is 6.92 Å². The van der Waals surface area contributed by atoms with Gasteiger partial charge in [-0.1, -0.05) is 29.8 Å². The number of anilines is 1. The van der Waals surface area contributed by atoms with Gasteiger partial charge in [0.25, 0.3) is 5.91 Å². The van der Waals surface area contributed by atoms with Crippen LogP contribution in [-0.2, 0) is 6.42 Å². The maximum absolute atomic E-state index is 12.2. The third kappa shape index (κ3) is 4.23. The molecular formula is C17H19ClN2O. The standard InChI is InChI=1S/C17H19ClN2O/c1-12-3-8-15(16(11-12)19-2)17(21)20-10-9-13-4-6-14(18)7-5-13/h3-8,11,19H,9-10H2,1-2H3,(H,20,21). The van der Waals surface area contributed by atoms with E-state index in [1.165, 1.54) is 0 Å². The topological polar surface area (TPSA) is 41.1 Å². The van der Waals surface area contributed by atoms with Crippen LogP contribution in [0.25, 0.3) is 0 Å². The average molecular weight is 303 g/mol. The van der Waals surface area contributed by atoms with Gasteiger partial charge in [0.15, 0.2) is 0 Å². The summed E-state index contributed by atoms with van der Waals surface area (Å²) in [6.07, 6.45) is 0.781. The molecule has 0 radical (unpaired) electrons. The Bertz CT molecular complexity index is 623. The van der Waals surface area contributed by atoms with Gasteiger partial charge in [-0.3, -0.25) is 4.79 Å². The minimum Gasteiger partial charge on any atom is -0.387 e. The van der Waals surface area contributed by atoms with Crippen LogP contribution in [0.4, 0.5) is 5.69 Å². The van der Waals surface area contributed by atoms with Gasteiger partial charge in [0.1, 0.15) is 0 Å². The van der Waals surface area contributed by atoms with E-state index in [0.717, 1.165) is 28.3 Å². The van der Waals surface area contributed by atoms with E-state index in [4.69, 9.17) is 11.6 Å². The first-order chi connectivity index (χ1) is 10.1. The van der Waals surface area contributed by atoms with Gasteiger partial charge in [0.2, 0.25) is 0 Å². The highest BCUT2D eigenvalue weighted by molar-refractivity contribution is 6.30. The third-order valence-corrected chi connectivity index (χ3v) is 3.55. The van der Waals surface area contributed by atoms with E-state index in [0.29, 0.717) is 12.1 Å².